The molecule has 3 saturated heterocycles. The molecule has 0 spiro atoms. The highest BCUT2D eigenvalue weighted by atomic mass is 16.8. The van der Waals surface area contributed by atoms with Crippen LogP contribution in [0.2, 0.25) is 0 Å². The first-order chi connectivity index (χ1) is 9.81. The average molecular weight is 302 g/mol. The van der Waals surface area contributed by atoms with E-state index >= 15 is 0 Å². The minimum Gasteiger partial charge on any atom is -0.372 e. The first-order valence-corrected chi connectivity index (χ1v) is 7.76. The average Bonchev–Trinajstić information content (AvgIpc) is 2.96. The Balaban J connectivity index is 1.72. The largest absolute Gasteiger partial charge is 0.372 e. The summed E-state index contributed by atoms with van der Waals surface area (Å²) < 4.78 is 35.3. The fourth-order valence-electron chi connectivity index (χ4n) is 3.12. The Morgan fingerprint density at radius 3 is 2.38 bits per heavy atom. The lowest BCUT2D eigenvalue weighted by Crippen LogP contribution is -2.44. The Kier molecular flexibility index (Phi) is 4.05. The Morgan fingerprint density at radius 1 is 1.00 bits per heavy atom. The van der Waals surface area contributed by atoms with Gasteiger partial charge in [0.15, 0.2) is 17.9 Å². The van der Waals surface area contributed by atoms with Crippen molar-refractivity contribution in [2.75, 3.05) is 13.2 Å². The van der Waals surface area contributed by atoms with Crippen LogP contribution in [0.1, 0.15) is 41.0 Å². The summed E-state index contributed by atoms with van der Waals surface area (Å²) in [6, 6.07) is 0. The Bertz CT molecular complexity index is 382. The summed E-state index contributed by atoms with van der Waals surface area (Å²) in [7, 11) is 0. The van der Waals surface area contributed by atoms with E-state index in [1.54, 1.807) is 0 Å². The molecule has 122 valence electrons. The van der Waals surface area contributed by atoms with E-state index in [1.807, 2.05) is 27.7 Å². The summed E-state index contributed by atoms with van der Waals surface area (Å²) in [4.78, 5) is 0. The lowest BCUT2D eigenvalue weighted by atomic mass is 10.1. The molecule has 3 fully saturated rings. The van der Waals surface area contributed by atoms with Crippen molar-refractivity contribution in [1.82, 2.24) is 0 Å². The van der Waals surface area contributed by atoms with Gasteiger partial charge < -0.3 is 28.4 Å². The van der Waals surface area contributed by atoms with Crippen LogP contribution in [-0.4, -0.2) is 55.5 Å². The summed E-state index contributed by atoms with van der Waals surface area (Å²) in [5, 5.41) is 0. The smallest absolute Gasteiger partial charge is 0.190 e. The van der Waals surface area contributed by atoms with Crippen LogP contribution in [-0.2, 0) is 28.4 Å². The first kappa shape index (κ1) is 15.6. The van der Waals surface area contributed by atoms with Gasteiger partial charge in [0.1, 0.15) is 24.4 Å². The van der Waals surface area contributed by atoms with Gasteiger partial charge in [0.25, 0.3) is 0 Å². The number of hydrogen-bond donors (Lipinski definition) is 0. The molecular weight excluding hydrogens is 276 g/mol. The Labute approximate surface area is 126 Å². The van der Waals surface area contributed by atoms with Crippen molar-refractivity contribution in [3.63, 3.8) is 0 Å². The molecule has 6 heteroatoms. The third kappa shape index (κ3) is 3.11. The molecule has 0 amide bonds. The molecule has 0 unspecified atom stereocenters. The molecule has 0 aromatic carbocycles. The van der Waals surface area contributed by atoms with Gasteiger partial charge in [-0.05, 0) is 34.1 Å². The van der Waals surface area contributed by atoms with E-state index in [2.05, 4.69) is 6.92 Å². The van der Waals surface area contributed by atoms with Crippen LogP contribution >= 0.6 is 0 Å². The van der Waals surface area contributed by atoms with Crippen molar-refractivity contribution < 1.29 is 28.4 Å². The van der Waals surface area contributed by atoms with Gasteiger partial charge in [-0.2, -0.15) is 0 Å². The Hall–Kier alpha value is -0.240. The molecule has 5 atom stereocenters. The minimum atomic E-state index is -0.638. The van der Waals surface area contributed by atoms with Crippen molar-refractivity contribution in [2.24, 2.45) is 0 Å². The van der Waals surface area contributed by atoms with Gasteiger partial charge in [-0.3, -0.25) is 0 Å². The number of ether oxygens (including phenoxy) is 6. The maximum Gasteiger partial charge on any atom is 0.190 e. The Morgan fingerprint density at radius 2 is 1.76 bits per heavy atom. The van der Waals surface area contributed by atoms with E-state index in [0.29, 0.717) is 13.2 Å². The quantitative estimate of drug-likeness (QED) is 0.789. The molecule has 0 N–H and O–H groups in total. The summed E-state index contributed by atoms with van der Waals surface area (Å²) in [6.07, 6.45) is -0.271. The zero-order valence-corrected chi connectivity index (χ0v) is 13.5. The second-order valence-electron chi connectivity index (χ2n) is 6.77. The highest BCUT2D eigenvalue weighted by Crippen LogP contribution is 2.41. The van der Waals surface area contributed by atoms with Crippen molar-refractivity contribution in [1.29, 1.82) is 0 Å². The van der Waals surface area contributed by atoms with Crippen LogP contribution in [0.15, 0.2) is 0 Å². The fraction of sp³-hybridized carbons (Fsp3) is 1.00. The van der Waals surface area contributed by atoms with Gasteiger partial charge in [-0.1, -0.05) is 6.92 Å². The fourth-order valence-corrected chi connectivity index (χ4v) is 3.12. The van der Waals surface area contributed by atoms with Crippen LogP contribution in [0.25, 0.3) is 0 Å². The number of hydrogen-bond acceptors (Lipinski definition) is 6. The summed E-state index contributed by atoms with van der Waals surface area (Å²) in [5.74, 6) is -1.22. The molecule has 3 aliphatic heterocycles. The minimum absolute atomic E-state index is 0.164. The van der Waals surface area contributed by atoms with Gasteiger partial charge in [0.05, 0.1) is 6.61 Å². The molecular formula is C15H26O6. The molecule has 0 aromatic rings. The molecule has 0 bridgehead atoms. The third-order valence-corrected chi connectivity index (χ3v) is 3.94. The van der Waals surface area contributed by atoms with E-state index in [1.165, 1.54) is 0 Å². The van der Waals surface area contributed by atoms with E-state index in [4.69, 9.17) is 28.4 Å². The van der Waals surface area contributed by atoms with Crippen LogP contribution in [0.3, 0.4) is 0 Å². The summed E-state index contributed by atoms with van der Waals surface area (Å²) in [5.41, 5.74) is 0. The molecule has 6 nitrogen and oxygen atoms in total. The summed E-state index contributed by atoms with van der Waals surface area (Å²) in [6.45, 7) is 10.8. The van der Waals surface area contributed by atoms with E-state index in [-0.39, 0.29) is 24.4 Å². The molecule has 0 saturated carbocycles. The van der Waals surface area contributed by atoms with Gasteiger partial charge in [-0.25, -0.2) is 0 Å². The SMILES string of the molecule is CCCO[C@H]1[C@H]2OC(C)(C)O[C@@H]2O[C@@H]1[C@@H]1COC(C)(C)O1. The molecule has 3 heterocycles. The molecule has 3 aliphatic rings. The molecule has 0 radical (unpaired) electrons. The highest BCUT2D eigenvalue weighted by molar-refractivity contribution is 4.98. The summed E-state index contributed by atoms with van der Waals surface area (Å²) >= 11 is 0. The molecule has 0 aliphatic carbocycles. The van der Waals surface area contributed by atoms with Gasteiger partial charge in [0.2, 0.25) is 0 Å². The second kappa shape index (κ2) is 5.44. The maximum atomic E-state index is 6.03. The van der Waals surface area contributed by atoms with Gasteiger partial charge in [-0.15, -0.1) is 0 Å². The second-order valence-corrected chi connectivity index (χ2v) is 6.77. The van der Waals surface area contributed by atoms with Gasteiger partial charge >= 0.3 is 0 Å². The first-order valence-electron chi connectivity index (χ1n) is 7.76. The molecule has 3 rings (SSSR count). The van der Waals surface area contributed by atoms with E-state index in [0.717, 1.165) is 6.42 Å². The predicted molar refractivity (Wildman–Crippen MR) is 73.6 cm³/mol. The van der Waals surface area contributed by atoms with Crippen molar-refractivity contribution in [3.8, 4) is 0 Å². The van der Waals surface area contributed by atoms with Crippen LogP contribution < -0.4 is 0 Å². The number of rotatable bonds is 4. The molecule has 21 heavy (non-hydrogen) atoms. The van der Waals surface area contributed by atoms with Crippen molar-refractivity contribution in [2.45, 2.75) is 83.3 Å². The lowest BCUT2D eigenvalue weighted by Gasteiger charge is -2.29. The monoisotopic (exact) mass is 302 g/mol. The topological polar surface area (TPSA) is 55.4 Å². The predicted octanol–water partition coefficient (Wildman–Crippen LogP) is 1.81. The lowest BCUT2D eigenvalue weighted by molar-refractivity contribution is -0.235. The zero-order chi connectivity index (χ0) is 15.3. The van der Waals surface area contributed by atoms with Crippen LogP contribution in [0, 0.1) is 0 Å². The highest BCUT2D eigenvalue weighted by Gasteiger charge is 2.58. The maximum absolute atomic E-state index is 6.03. The molecule has 0 aromatic heterocycles. The van der Waals surface area contributed by atoms with Crippen molar-refractivity contribution >= 4 is 0 Å². The van der Waals surface area contributed by atoms with E-state index < -0.39 is 17.9 Å². The zero-order valence-electron chi connectivity index (χ0n) is 13.5. The normalized spacial score (nSPS) is 44.1. The van der Waals surface area contributed by atoms with E-state index in [9.17, 15) is 0 Å². The van der Waals surface area contributed by atoms with Crippen LogP contribution in [0.4, 0.5) is 0 Å². The third-order valence-electron chi connectivity index (χ3n) is 3.94. The van der Waals surface area contributed by atoms with Crippen LogP contribution in [0.5, 0.6) is 0 Å². The number of fused-ring (bicyclic) bond motifs is 1. The van der Waals surface area contributed by atoms with Crippen molar-refractivity contribution in [3.05, 3.63) is 0 Å². The van der Waals surface area contributed by atoms with Gasteiger partial charge in [0, 0.05) is 6.61 Å². The standard InChI is InChI=1S/C15H26O6/c1-6-7-16-11-10(9-8-17-14(2,3)19-9)18-13-12(11)20-15(4,5)21-13/h9-13H,6-8H2,1-5H3/t9-,10+,11+,12+,13-/m0/s1.